The van der Waals surface area contributed by atoms with E-state index >= 15 is 0 Å². The number of carbonyl (C=O) groups is 2. The smallest absolute Gasteiger partial charge is 0.319 e. The molecule has 1 aromatic rings. The van der Waals surface area contributed by atoms with E-state index in [1.807, 2.05) is 0 Å². The van der Waals surface area contributed by atoms with Gasteiger partial charge in [-0.2, -0.15) is 0 Å². The van der Waals surface area contributed by atoms with Crippen molar-refractivity contribution in [2.75, 3.05) is 19.0 Å². The molecule has 3 N–H and O–H groups in total. The highest BCUT2D eigenvalue weighted by molar-refractivity contribution is 5.89. The number of halogens is 2. The van der Waals surface area contributed by atoms with Crippen LogP contribution in [-0.2, 0) is 9.53 Å². The fraction of sp³-hybridized carbons (Fsp3) is 0.333. The van der Waals surface area contributed by atoms with Gasteiger partial charge >= 0.3 is 12.0 Å². The molecule has 0 aromatic heterocycles. The number of aliphatic carboxylic acids is 1. The van der Waals surface area contributed by atoms with Gasteiger partial charge in [-0.05, 0) is 12.1 Å². The lowest BCUT2D eigenvalue weighted by Crippen LogP contribution is -2.37. The van der Waals surface area contributed by atoms with Crippen LogP contribution >= 0.6 is 0 Å². The van der Waals surface area contributed by atoms with E-state index in [9.17, 15) is 18.4 Å². The first-order valence-electron chi connectivity index (χ1n) is 5.67. The molecule has 2 amide bonds. The number of carbonyl (C=O) groups excluding carboxylic acids is 1. The van der Waals surface area contributed by atoms with Gasteiger partial charge in [-0.15, -0.1) is 0 Å². The van der Waals surface area contributed by atoms with Crippen LogP contribution in [0.3, 0.4) is 0 Å². The van der Waals surface area contributed by atoms with Gasteiger partial charge in [0.1, 0.15) is 0 Å². The van der Waals surface area contributed by atoms with Crippen molar-refractivity contribution in [2.45, 2.75) is 12.5 Å². The largest absolute Gasteiger partial charge is 0.481 e. The molecule has 0 heterocycles. The zero-order valence-electron chi connectivity index (χ0n) is 10.7. The van der Waals surface area contributed by atoms with E-state index in [0.29, 0.717) is 0 Å². The van der Waals surface area contributed by atoms with E-state index in [1.165, 1.54) is 13.2 Å². The predicted molar refractivity (Wildman–Crippen MR) is 66.4 cm³/mol. The number of rotatable bonds is 6. The molecule has 0 aliphatic heterocycles. The lowest BCUT2D eigenvalue weighted by molar-refractivity contribution is -0.139. The maximum Gasteiger partial charge on any atom is 0.319 e. The zero-order chi connectivity index (χ0) is 15.1. The molecule has 0 saturated carbocycles. The average Bonchev–Trinajstić information content (AvgIpc) is 2.38. The molecule has 20 heavy (non-hydrogen) atoms. The van der Waals surface area contributed by atoms with Gasteiger partial charge in [0.15, 0.2) is 11.6 Å². The maximum atomic E-state index is 12.9. The molecule has 1 aromatic carbocycles. The Kier molecular flexibility index (Phi) is 5.85. The minimum atomic E-state index is -1.08. The van der Waals surface area contributed by atoms with Gasteiger partial charge in [0.2, 0.25) is 0 Å². The van der Waals surface area contributed by atoms with E-state index in [2.05, 4.69) is 10.6 Å². The fourth-order valence-corrected chi connectivity index (χ4v) is 1.39. The number of carboxylic acid groups (broad SMARTS) is 1. The van der Waals surface area contributed by atoms with Crippen molar-refractivity contribution in [1.29, 1.82) is 0 Å². The highest BCUT2D eigenvalue weighted by Gasteiger charge is 2.13. The molecule has 1 unspecified atom stereocenters. The molecule has 8 heteroatoms. The number of amides is 2. The van der Waals surface area contributed by atoms with E-state index in [0.717, 1.165) is 12.1 Å². The molecular formula is C12H14F2N2O4. The Bertz CT molecular complexity index is 496. The number of nitrogens with one attached hydrogen (secondary N) is 2. The molecule has 110 valence electrons. The molecule has 0 saturated heterocycles. The van der Waals surface area contributed by atoms with Crippen LogP contribution in [0.1, 0.15) is 6.42 Å². The minimum absolute atomic E-state index is 0.0295. The second kappa shape index (κ2) is 7.39. The maximum absolute atomic E-state index is 12.9. The third-order valence-electron chi connectivity index (χ3n) is 2.40. The molecule has 6 nitrogen and oxygen atoms in total. The molecule has 0 fully saturated rings. The summed E-state index contributed by atoms with van der Waals surface area (Å²) < 4.78 is 30.5. The fourth-order valence-electron chi connectivity index (χ4n) is 1.39. The molecule has 0 aliphatic rings. The van der Waals surface area contributed by atoms with Gasteiger partial charge in [0, 0.05) is 25.4 Å². The highest BCUT2D eigenvalue weighted by atomic mass is 19.2. The van der Waals surface area contributed by atoms with Crippen LogP contribution in [0.15, 0.2) is 18.2 Å². The Labute approximate surface area is 113 Å². The van der Waals surface area contributed by atoms with Crippen LogP contribution < -0.4 is 10.6 Å². The first-order chi connectivity index (χ1) is 9.42. The number of anilines is 1. The van der Waals surface area contributed by atoms with Gasteiger partial charge in [-0.1, -0.05) is 0 Å². The van der Waals surface area contributed by atoms with Crippen molar-refractivity contribution in [3.8, 4) is 0 Å². The van der Waals surface area contributed by atoms with E-state index < -0.39 is 29.7 Å². The van der Waals surface area contributed by atoms with Crippen molar-refractivity contribution in [2.24, 2.45) is 0 Å². The molecular weight excluding hydrogens is 274 g/mol. The third-order valence-corrected chi connectivity index (χ3v) is 2.40. The standard InChI is InChI=1S/C12H14F2N2O4/c1-20-8(5-11(17)18)6-15-12(19)16-7-2-3-9(13)10(14)4-7/h2-4,8H,5-6H2,1H3,(H,17,18)(H2,15,16,19). The Morgan fingerprint density at radius 3 is 2.60 bits per heavy atom. The lowest BCUT2D eigenvalue weighted by Gasteiger charge is -2.14. The second-order valence-electron chi connectivity index (χ2n) is 3.92. The summed E-state index contributed by atoms with van der Waals surface area (Å²) in [7, 11) is 1.32. The van der Waals surface area contributed by atoms with Crippen molar-refractivity contribution in [1.82, 2.24) is 5.32 Å². The van der Waals surface area contributed by atoms with Crippen LogP contribution in [0.25, 0.3) is 0 Å². The minimum Gasteiger partial charge on any atom is -0.481 e. The Balaban J connectivity index is 2.46. The number of methoxy groups -OCH3 is 1. The number of carboxylic acids is 1. The Morgan fingerprint density at radius 1 is 1.35 bits per heavy atom. The molecule has 0 bridgehead atoms. The molecule has 0 spiro atoms. The number of urea groups is 1. The molecule has 1 rings (SSSR count). The summed E-state index contributed by atoms with van der Waals surface area (Å²) in [6.45, 7) is -0.0295. The van der Waals surface area contributed by atoms with Crippen LogP contribution in [0.5, 0.6) is 0 Å². The molecule has 1 atom stereocenters. The van der Waals surface area contributed by atoms with Crippen LogP contribution in [0.4, 0.5) is 19.3 Å². The first-order valence-corrected chi connectivity index (χ1v) is 5.67. The second-order valence-corrected chi connectivity index (χ2v) is 3.92. The number of ether oxygens (including phenoxy) is 1. The topological polar surface area (TPSA) is 87.7 Å². The summed E-state index contributed by atoms with van der Waals surface area (Å²) in [5.41, 5.74) is 0.0774. The van der Waals surface area contributed by atoms with Gasteiger partial charge in [0.25, 0.3) is 0 Å². The van der Waals surface area contributed by atoms with E-state index in [1.54, 1.807) is 0 Å². The Hall–Kier alpha value is -2.22. The summed E-state index contributed by atoms with van der Waals surface area (Å²) in [6.07, 6.45) is -0.940. The quantitative estimate of drug-likeness (QED) is 0.741. The van der Waals surface area contributed by atoms with E-state index in [-0.39, 0.29) is 18.7 Å². The van der Waals surface area contributed by atoms with Crippen molar-refractivity contribution >= 4 is 17.7 Å². The van der Waals surface area contributed by atoms with Crippen LogP contribution in [0, 0.1) is 11.6 Å². The monoisotopic (exact) mass is 288 g/mol. The van der Waals surface area contributed by atoms with Crippen molar-refractivity contribution in [3.05, 3.63) is 29.8 Å². The van der Waals surface area contributed by atoms with Crippen LogP contribution in [0.2, 0.25) is 0 Å². The third kappa shape index (κ3) is 5.19. The SMILES string of the molecule is COC(CNC(=O)Nc1ccc(F)c(F)c1)CC(=O)O. The van der Waals surface area contributed by atoms with Crippen molar-refractivity contribution < 1.29 is 28.2 Å². The predicted octanol–water partition coefficient (Wildman–Crippen LogP) is 1.58. The summed E-state index contributed by atoms with van der Waals surface area (Å²) in [5, 5.41) is 13.2. The molecule has 0 radical (unpaired) electrons. The summed E-state index contributed by atoms with van der Waals surface area (Å²) in [6, 6.07) is 2.24. The van der Waals surface area contributed by atoms with Gasteiger partial charge < -0.3 is 20.5 Å². The lowest BCUT2D eigenvalue weighted by atomic mass is 10.2. The van der Waals surface area contributed by atoms with Gasteiger partial charge in [-0.25, -0.2) is 13.6 Å². The van der Waals surface area contributed by atoms with Gasteiger partial charge in [0.05, 0.1) is 12.5 Å². The van der Waals surface area contributed by atoms with Crippen molar-refractivity contribution in [3.63, 3.8) is 0 Å². The normalized spacial score (nSPS) is 11.8. The van der Waals surface area contributed by atoms with E-state index in [4.69, 9.17) is 9.84 Å². The van der Waals surface area contributed by atoms with Gasteiger partial charge in [-0.3, -0.25) is 4.79 Å². The number of hydrogen-bond donors (Lipinski definition) is 3. The highest BCUT2D eigenvalue weighted by Crippen LogP contribution is 2.12. The number of benzene rings is 1. The summed E-state index contributed by atoms with van der Waals surface area (Å²) in [5.74, 6) is -3.15. The summed E-state index contributed by atoms with van der Waals surface area (Å²) in [4.78, 5) is 22.0. The van der Waals surface area contributed by atoms with Crippen LogP contribution in [-0.4, -0.2) is 36.9 Å². The zero-order valence-corrected chi connectivity index (χ0v) is 10.7. The molecule has 0 aliphatic carbocycles. The summed E-state index contributed by atoms with van der Waals surface area (Å²) >= 11 is 0. The Morgan fingerprint density at radius 2 is 2.05 bits per heavy atom. The first kappa shape index (κ1) is 15.8. The number of hydrogen-bond acceptors (Lipinski definition) is 3. The average molecular weight is 288 g/mol.